The van der Waals surface area contributed by atoms with E-state index in [-0.39, 0.29) is 5.57 Å². The van der Waals surface area contributed by atoms with Crippen molar-refractivity contribution < 1.29 is 24.5 Å². The molecule has 0 aromatic carbocycles. The molecule has 0 rings (SSSR count). The number of ether oxygens (including phenoxy) is 1. The molecular weight excluding hydrogens is 188 g/mol. The Morgan fingerprint density at radius 3 is 2.43 bits per heavy atom. The molecule has 5 nitrogen and oxygen atoms in total. The molecule has 0 aliphatic carbocycles. The lowest BCUT2D eigenvalue weighted by molar-refractivity contribution is -0.139. The van der Waals surface area contributed by atoms with Crippen molar-refractivity contribution in [3.05, 3.63) is 11.8 Å². The van der Waals surface area contributed by atoms with Gasteiger partial charge >= 0.3 is 11.9 Å². The Kier molecular flexibility index (Phi) is 6.19. The Labute approximate surface area is 82.0 Å². The Morgan fingerprint density at radius 1 is 1.36 bits per heavy atom. The third-order valence-electron chi connectivity index (χ3n) is 1.46. The molecule has 5 heteroatoms. The van der Waals surface area contributed by atoms with Crippen LogP contribution in [0.4, 0.5) is 0 Å². The van der Waals surface area contributed by atoms with Gasteiger partial charge in [-0.15, -0.1) is 0 Å². The van der Waals surface area contributed by atoms with Crippen LogP contribution in [0.3, 0.4) is 0 Å². The van der Waals surface area contributed by atoms with E-state index in [0.29, 0.717) is 6.61 Å². The van der Waals surface area contributed by atoms with Crippen molar-refractivity contribution in [2.45, 2.75) is 26.2 Å². The van der Waals surface area contributed by atoms with Crippen molar-refractivity contribution in [1.82, 2.24) is 0 Å². The molecule has 0 unspecified atom stereocenters. The largest absolute Gasteiger partial charge is 0.501 e. The van der Waals surface area contributed by atoms with Crippen LogP contribution >= 0.6 is 0 Å². The van der Waals surface area contributed by atoms with Crippen LogP contribution in [0.5, 0.6) is 0 Å². The first-order chi connectivity index (χ1) is 6.57. The van der Waals surface area contributed by atoms with Gasteiger partial charge in [0.25, 0.3) is 0 Å². The van der Waals surface area contributed by atoms with E-state index in [1.807, 2.05) is 6.92 Å². The van der Waals surface area contributed by atoms with E-state index < -0.39 is 18.4 Å². The number of hydrogen-bond donors (Lipinski definition) is 2. The zero-order chi connectivity index (χ0) is 11.0. The van der Waals surface area contributed by atoms with E-state index in [0.717, 1.165) is 19.1 Å². The highest BCUT2D eigenvalue weighted by molar-refractivity contribution is 5.91. The fraction of sp³-hybridized carbons (Fsp3) is 0.556. The van der Waals surface area contributed by atoms with Crippen molar-refractivity contribution in [2.24, 2.45) is 0 Å². The van der Waals surface area contributed by atoms with Gasteiger partial charge in [-0.05, 0) is 6.42 Å². The minimum atomic E-state index is -1.26. The van der Waals surface area contributed by atoms with Gasteiger partial charge in [-0.1, -0.05) is 13.3 Å². The number of unbranched alkanes of at least 4 members (excludes halogenated alkanes) is 1. The zero-order valence-electron chi connectivity index (χ0n) is 8.02. The number of hydrogen-bond acceptors (Lipinski definition) is 3. The molecular formula is C9H14O5. The molecule has 0 atom stereocenters. The highest BCUT2D eigenvalue weighted by atomic mass is 16.5. The summed E-state index contributed by atoms with van der Waals surface area (Å²) in [6, 6.07) is 0. The van der Waals surface area contributed by atoms with Gasteiger partial charge in [-0.2, -0.15) is 0 Å². The highest BCUT2D eigenvalue weighted by Crippen LogP contribution is 2.02. The molecule has 0 aromatic rings. The second kappa shape index (κ2) is 6.94. The van der Waals surface area contributed by atoms with Crippen molar-refractivity contribution in [3.8, 4) is 0 Å². The molecule has 0 aromatic heterocycles. The fourth-order valence-electron chi connectivity index (χ4n) is 0.718. The van der Waals surface area contributed by atoms with E-state index in [2.05, 4.69) is 0 Å². The molecule has 0 heterocycles. The van der Waals surface area contributed by atoms with Crippen LogP contribution in [0.15, 0.2) is 11.8 Å². The van der Waals surface area contributed by atoms with Crippen LogP contribution in [0.25, 0.3) is 0 Å². The molecule has 0 bridgehead atoms. The van der Waals surface area contributed by atoms with Gasteiger partial charge in [0.1, 0.15) is 0 Å². The third-order valence-corrected chi connectivity index (χ3v) is 1.46. The van der Waals surface area contributed by atoms with Crippen molar-refractivity contribution in [3.63, 3.8) is 0 Å². The van der Waals surface area contributed by atoms with E-state index in [9.17, 15) is 9.59 Å². The summed E-state index contributed by atoms with van der Waals surface area (Å²) in [6.45, 7) is 2.38. The minimum Gasteiger partial charge on any atom is -0.501 e. The molecule has 0 saturated heterocycles. The van der Waals surface area contributed by atoms with Gasteiger partial charge in [0, 0.05) is 0 Å². The molecule has 80 valence electrons. The van der Waals surface area contributed by atoms with Crippen molar-refractivity contribution in [2.75, 3.05) is 6.61 Å². The van der Waals surface area contributed by atoms with E-state index in [1.54, 1.807) is 0 Å². The lowest BCUT2D eigenvalue weighted by atomic mass is 10.2. The summed E-state index contributed by atoms with van der Waals surface area (Å²) in [5.74, 6) is -2.44. The second-order valence-corrected chi connectivity index (χ2v) is 2.74. The first-order valence-corrected chi connectivity index (χ1v) is 4.33. The van der Waals surface area contributed by atoms with E-state index in [1.165, 1.54) is 0 Å². The van der Waals surface area contributed by atoms with Crippen LogP contribution < -0.4 is 0 Å². The molecule has 0 amide bonds. The summed E-state index contributed by atoms with van der Waals surface area (Å²) in [6.07, 6.45) is 2.24. The Bertz CT molecular complexity index is 231. The maximum absolute atomic E-state index is 10.5. The average molecular weight is 202 g/mol. The first-order valence-electron chi connectivity index (χ1n) is 4.33. The van der Waals surface area contributed by atoms with Gasteiger partial charge in [0.2, 0.25) is 0 Å². The van der Waals surface area contributed by atoms with Gasteiger partial charge in [0.05, 0.1) is 24.9 Å². The molecule has 0 spiro atoms. The smallest absolute Gasteiger partial charge is 0.335 e. The van der Waals surface area contributed by atoms with Crippen LogP contribution in [0, 0.1) is 0 Å². The lowest BCUT2D eigenvalue weighted by Gasteiger charge is -2.01. The number of carboxylic acids is 2. The first kappa shape index (κ1) is 12.5. The number of carbonyl (C=O) groups is 2. The quantitative estimate of drug-likeness (QED) is 0.368. The molecule has 0 radical (unpaired) electrons. The molecule has 0 aliphatic rings. The summed E-state index contributed by atoms with van der Waals surface area (Å²) >= 11 is 0. The van der Waals surface area contributed by atoms with Crippen LogP contribution in [-0.2, 0) is 14.3 Å². The SMILES string of the molecule is CCCCOC=C(CC(=O)O)C(=O)O. The molecule has 0 saturated carbocycles. The monoisotopic (exact) mass is 202 g/mol. The molecule has 0 aliphatic heterocycles. The number of rotatable bonds is 7. The third kappa shape index (κ3) is 6.05. The van der Waals surface area contributed by atoms with Gasteiger partial charge < -0.3 is 14.9 Å². The normalized spacial score (nSPS) is 11.1. The van der Waals surface area contributed by atoms with Gasteiger partial charge in [0.15, 0.2) is 0 Å². The molecule has 2 N–H and O–H groups in total. The number of carboxylic acid groups (broad SMARTS) is 2. The van der Waals surface area contributed by atoms with Gasteiger partial charge in [-0.25, -0.2) is 4.79 Å². The molecule has 14 heavy (non-hydrogen) atoms. The standard InChI is InChI=1S/C9H14O5/c1-2-3-4-14-6-7(9(12)13)5-8(10)11/h6H,2-5H2,1H3,(H,10,11)(H,12,13). The minimum absolute atomic E-state index is 0.242. The number of aliphatic carboxylic acids is 2. The summed E-state index contributed by atoms with van der Waals surface area (Å²) < 4.78 is 4.89. The van der Waals surface area contributed by atoms with Crippen molar-refractivity contribution in [1.29, 1.82) is 0 Å². The summed E-state index contributed by atoms with van der Waals surface area (Å²) in [5, 5.41) is 16.9. The summed E-state index contributed by atoms with van der Waals surface area (Å²) in [7, 11) is 0. The Balaban J connectivity index is 4.06. The van der Waals surface area contributed by atoms with E-state index in [4.69, 9.17) is 14.9 Å². The molecule has 0 fully saturated rings. The topological polar surface area (TPSA) is 83.8 Å². The predicted molar refractivity (Wildman–Crippen MR) is 48.8 cm³/mol. The van der Waals surface area contributed by atoms with Crippen LogP contribution in [0.1, 0.15) is 26.2 Å². The van der Waals surface area contributed by atoms with Crippen LogP contribution in [-0.4, -0.2) is 28.8 Å². The Hall–Kier alpha value is -1.52. The van der Waals surface area contributed by atoms with Crippen molar-refractivity contribution >= 4 is 11.9 Å². The summed E-state index contributed by atoms with van der Waals surface area (Å²) in [4.78, 5) is 20.7. The maximum atomic E-state index is 10.5. The lowest BCUT2D eigenvalue weighted by Crippen LogP contribution is -2.07. The van der Waals surface area contributed by atoms with E-state index >= 15 is 0 Å². The summed E-state index contributed by atoms with van der Waals surface area (Å²) in [5.41, 5.74) is -0.242. The van der Waals surface area contributed by atoms with Crippen LogP contribution in [0.2, 0.25) is 0 Å². The zero-order valence-corrected chi connectivity index (χ0v) is 8.02. The van der Waals surface area contributed by atoms with Gasteiger partial charge in [-0.3, -0.25) is 4.79 Å². The maximum Gasteiger partial charge on any atom is 0.335 e. The Morgan fingerprint density at radius 2 is 2.00 bits per heavy atom. The highest BCUT2D eigenvalue weighted by Gasteiger charge is 2.11. The fourth-order valence-corrected chi connectivity index (χ4v) is 0.718. The average Bonchev–Trinajstić information content (AvgIpc) is 2.09. The second-order valence-electron chi connectivity index (χ2n) is 2.74. The predicted octanol–water partition coefficient (Wildman–Crippen LogP) is 1.25.